The molecule has 1 aliphatic rings. The van der Waals surface area contributed by atoms with Crippen molar-refractivity contribution in [1.29, 1.82) is 0 Å². The standard InChI is InChI=1S/C20H21N3O3/c1-13-5-3-6-15(11-13)22-18(25)20(9-10-20)19(26)23-17-8-4-7-16(12-17)21-14(2)24/h3-8,11-12H,9-10H2,1-2H3,(H,21,24)(H,22,25)(H,23,26). The Hall–Kier alpha value is -3.15. The molecule has 0 aromatic heterocycles. The van der Waals surface area contributed by atoms with Crippen molar-refractivity contribution in [1.82, 2.24) is 0 Å². The van der Waals surface area contributed by atoms with Crippen molar-refractivity contribution in [3.63, 3.8) is 0 Å². The van der Waals surface area contributed by atoms with Gasteiger partial charge in [-0.3, -0.25) is 14.4 Å². The Morgan fingerprint density at radius 2 is 1.31 bits per heavy atom. The summed E-state index contributed by atoms with van der Waals surface area (Å²) in [5, 5.41) is 8.28. The monoisotopic (exact) mass is 351 g/mol. The maximum absolute atomic E-state index is 12.7. The van der Waals surface area contributed by atoms with Crippen LogP contribution in [0.15, 0.2) is 48.5 Å². The van der Waals surface area contributed by atoms with E-state index in [1.807, 2.05) is 25.1 Å². The second kappa shape index (κ2) is 7.00. The third-order valence-electron chi connectivity index (χ3n) is 4.34. The maximum Gasteiger partial charge on any atom is 0.240 e. The van der Waals surface area contributed by atoms with Crippen LogP contribution in [-0.2, 0) is 14.4 Å². The van der Waals surface area contributed by atoms with Crippen molar-refractivity contribution >= 4 is 34.8 Å². The summed E-state index contributed by atoms with van der Waals surface area (Å²) in [6.07, 6.45) is 1.03. The molecule has 0 unspecified atom stereocenters. The fourth-order valence-electron chi connectivity index (χ4n) is 2.78. The molecule has 0 heterocycles. The van der Waals surface area contributed by atoms with E-state index in [4.69, 9.17) is 0 Å². The Bertz CT molecular complexity index is 872. The van der Waals surface area contributed by atoms with Crippen LogP contribution in [0.5, 0.6) is 0 Å². The number of carbonyl (C=O) groups is 3. The highest BCUT2D eigenvalue weighted by Gasteiger charge is 2.56. The van der Waals surface area contributed by atoms with E-state index in [1.54, 1.807) is 30.3 Å². The number of amides is 3. The molecular weight excluding hydrogens is 330 g/mol. The first-order valence-electron chi connectivity index (χ1n) is 8.46. The lowest BCUT2D eigenvalue weighted by Gasteiger charge is -2.16. The Labute approximate surface area is 152 Å². The predicted molar refractivity (Wildman–Crippen MR) is 101 cm³/mol. The Balaban J connectivity index is 1.69. The number of carbonyl (C=O) groups excluding carboxylic acids is 3. The molecule has 0 bridgehead atoms. The summed E-state index contributed by atoms with van der Waals surface area (Å²) in [6, 6.07) is 14.3. The van der Waals surface area contributed by atoms with Gasteiger partial charge < -0.3 is 16.0 Å². The van der Waals surface area contributed by atoms with Gasteiger partial charge in [0.2, 0.25) is 17.7 Å². The maximum atomic E-state index is 12.7. The van der Waals surface area contributed by atoms with Gasteiger partial charge in [-0.2, -0.15) is 0 Å². The zero-order valence-corrected chi connectivity index (χ0v) is 14.8. The first kappa shape index (κ1) is 17.7. The molecular formula is C20H21N3O3. The van der Waals surface area contributed by atoms with Gasteiger partial charge >= 0.3 is 0 Å². The molecule has 1 saturated carbocycles. The number of benzene rings is 2. The summed E-state index contributed by atoms with van der Waals surface area (Å²) in [7, 11) is 0. The number of anilines is 3. The average Bonchev–Trinajstić information content (AvgIpc) is 3.36. The Morgan fingerprint density at radius 3 is 1.81 bits per heavy atom. The highest BCUT2D eigenvalue weighted by Crippen LogP contribution is 2.47. The number of aryl methyl sites for hydroxylation is 1. The highest BCUT2D eigenvalue weighted by atomic mass is 16.2. The fraction of sp³-hybridized carbons (Fsp3) is 0.250. The molecule has 0 radical (unpaired) electrons. The molecule has 1 fully saturated rings. The van der Waals surface area contributed by atoms with E-state index in [1.165, 1.54) is 6.92 Å². The predicted octanol–water partition coefficient (Wildman–Crippen LogP) is 3.31. The van der Waals surface area contributed by atoms with Crippen molar-refractivity contribution < 1.29 is 14.4 Å². The van der Waals surface area contributed by atoms with E-state index in [9.17, 15) is 14.4 Å². The molecule has 6 heteroatoms. The summed E-state index contributed by atoms with van der Waals surface area (Å²) >= 11 is 0. The van der Waals surface area contributed by atoms with Gasteiger partial charge in [-0.25, -0.2) is 0 Å². The van der Waals surface area contributed by atoms with Gasteiger partial charge in [-0.1, -0.05) is 18.2 Å². The van der Waals surface area contributed by atoms with Gasteiger partial charge in [0.25, 0.3) is 0 Å². The van der Waals surface area contributed by atoms with Crippen molar-refractivity contribution in [2.45, 2.75) is 26.7 Å². The molecule has 1 aliphatic carbocycles. The largest absolute Gasteiger partial charge is 0.326 e. The van der Waals surface area contributed by atoms with Gasteiger partial charge in [0, 0.05) is 24.0 Å². The first-order chi connectivity index (χ1) is 12.4. The second-order valence-electron chi connectivity index (χ2n) is 6.62. The third-order valence-corrected chi connectivity index (χ3v) is 4.34. The summed E-state index contributed by atoms with van der Waals surface area (Å²) in [4.78, 5) is 36.4. The highest BCUT2D eigenvalue weighted by molar-refractivity contribution is 6.17. The minimum Gasteiger partial charge on any atom is -0.326 e. The van der Waals surface area contributed by atoms with Crippen LogP contribution < -0.4 is 16.0 Å². The fourth-order valence-corrected chi connectivity index (χ4v) is 2.78. The second-order valence-corrected chi connectivity index (χ2v) is 6.62. The normalized spacial score (nSPS) is 14.2. The van der Waals surface area contributed by atoms with Crippen LogP contribution in [0, 0.1) is 12.3 Å². The minimum absolute atomic E-state index is 0.190. The summed E-state index contributed by atoms with van der Waals surface area (Å²) in [5.74, 6) is -0.814. The molecule has 3 N–H and O–H groups in total. The third kappa shape index (κ3) is 3.91. The van der Waals surface area contributed by atoms with E-state index < -0.39 is 5.41 Å². The van der Waals surface area contributed by atoms with Crippen molar-refractivity contribution in [3.8, 4) is 0 Å². The lowest BCUT2D eigenvalue weighted by Crippen LogP contribution is -2.35. The van der Waals surface area contributed by atoms with Crippen molar-refractivity contribution in [2.24, 2.45) is 5.41 Å². The van der Waals surface area contributed by atoms with Crippen LogP contribution in [0.3, 0.4) is 0 Å². The summed E-state index contributed by atoms with van der Waals surface area (Å²) in [5.41, 5.74) is 1.81. The van der Waals surface area contributed by atoms with E-state index in [0.717, 1.165) is 5.56 Å². The van der Waals surface area contributed by atoms with E-state index in [-0.39, 0.29) is 17.7 Å². The van der Waals surface area contributed by atoms with Gasteiger partial charge in [-0.15, -0.1) is 0 Å². The smallest absolute Gasteiger partial charge is 0.240 e. The molecule has 2 aromatic rings. The topological polar surface area (TPSA) is 87.3 Å². The van der Waals surface area contributed by atoms with Gasteiger partial charge in [0.05, 0.1) is 0 Å². The Kier molecular flexibility index (Phi) is 4.75. The van der Waals surface area contributed by atoms with Crippen LogP contribution in [0.1, 0.15) is 25.3 Å². The molecule has 3 rings (SSSR count). The van der Waals surface area contributed by atoms with E-state index >= 15 is 0 Å². The van der Waals surface area contributed by atoms with Crippen LogP contribution in [0.4, 0.5) is 17.1 Å². The molecule has 0 saturated heterocycles. The van der Waals surface area contributed by atoms with Crippen LogP contribution in [0.25, 0.3) is 0 Å². The summed E-state index contributed by atoms with van der Waals surface area (Å²) in [6.45, 7) is 3.36. The van der Waals surface area contributed by atoms with E-state index in [0.29, 0.717) is 29.9 Å². The molecule has 0 atom stereocenters. The van der Waals surface area contributed by atoms with Crippen LogP contribution >= 0.6 is 0 Å². The van der Waals surface area contributed by atoms with Gasteiger partial charge in [0.15, 0.2) is 0 Å². The van der Waals surface area contributed by atoms with Crippen molar-refractivity contribution in [2.75, 3.05) is 16.0 Å². The SMILES string of the molecule is CC(=O)Nc1cccc(NC(=O)C2(C(=O)Nc3cccc(C)c3)CC2)c1. The number of hydrogen-bond acceptors (Lipinski definition) is 3. The zero-order chi connectivity index (χ0) is 18.7. The lowest BCUT2D eigenvalue weighted by molar-refractivity contribution is -0.131. The Morgan fingerprint density at radius 1 is 0.808 bits per heavy atom. The minimum atomic E-state index is -1.03. The molecule has 134 valence electrons. The first-order valence-corrected chi connectivity index (χ1v) is 8.46. The van der Waals surface area contributed by atoms with Crippen molar-refractivity contribution in [3.05, 3.63) is 54.1 Å². The van der Waals surface area contributed by atoms with Crippen LogP contribution in [0.2, 0.25) is 0 Å². The van der Waals surface area contributed by atoms with Crippen LogP contribution in [-0.4, -0.2) is 17.7 Å². The molecule has 6 nitrogen and oxygen atoms in total. The number of rotatable bonds is 5. The average molecular weight is 351 g/mol. The lowest BCUT2D eigenvalue weighted by atomic mass is 10.0. The molecule has 0 spiro atoms. The van der Waals surface area contributed by atoms with E-state index in [2.05, 4.69) is 16.0 Å². The summed E-state index contributed by atoms with van der Waals surface area (Å²) < 4.78 is 0. The molecule has 0 aliphatic heterocycles. The number of hydrogen-bond donors (Lipinski definition) is 3. The quantitative estimate of drug-likeness (QED) is 0.722. The molecule has 2 aromatic carbocycles. The van der Waals surface area contributed by atoms with Gasteiger partial charge in [0.1, 0.15) is 5.41 Å². The molecule has 3 amide bonds. The molecule has 26 heavy (non-hydrogen) atoms. The number of nitrogens with one attached hydrogen (secondary N) is 3. The zero-order valence-electron chi connectivity index (χ0n) is 14.8. The van der Waals surface area contributed by atoms with Gasteiger partial charge in [-0.05, 0) is 55.7 Å².